The van der Waals surface area contributed by atoms with E-state index in [2.05, 4.69) is 19.2 Å². The van der Waals surface area contributed by atoms with E-state index in [9.17, 15) is 19.5 Å². The van der Waals surface area contributed by atoms with Gasteiger partial charge in [0, 0.05) is 30.0 Å². The fourth-order valence-corrected chi connectivity index (χ4v) is 5.02. The van der Waals surface area contributed by atoms with Gasteiger partial charge in [-0.25, -0.2) is 0 Å². The van der Waals surface area contributed by atoms with E-state index in [0.717, 1.165) is 5.56 Å². The molecule has 1 amide bonds. The lowest BCUT2D eigenvalue weighted by Gasteiger charge is -2.42. The number of carbonyl (C=O) groups excluding carboxylic acids is 2. The van der Waals surface area contributed by atoms with Gasteiger partial charge in [-0.15, -0.1) is 0 Å². The first-order valence-corrected chi connectivity index (χ1v) is 10.5. The van der Waals surface area contributed by atoms with E-state index in [1.54, 1.807) is 38.1 Å². The number of carboxylic acid groups (broad SMARTS) is 1. The van der Waals surface area contributed by atoms with Crippen LogP contribution in [0.15, 0.2) is 42.5 Å². The summed E-state index contributed by atoms with van der Waals surface area (Å²) in [7, 11) is 0. The van der Waals surface area contributed by atoms with Crippen LogP contribution in [0, 0.1) is 5.41 Å². The van der Waals surface area contributed by atoms with Gasteiger partial charge >= 0.3 is 5.97 Å². The van der Waals surface area contributed by atoms with E-state index in [4.69, 9.17) is 4.74 Å². The van der Waals surface area contributed by atoms with Gasteiger partial charge in [0.1, 0.15) is 5.75 Å². The van der Waals surface area contributed by atoms with Crippen LogP contribution in [0.5, 0.6) is 5.75 Å². The minimum atomic E-state index is -1.53. The van der Waals surface area contributed by atoms with Gasteiger partial charge in [-0.1, -0.05) is 50.2 Å². The van der Waals surface area contributed by atoms with E-state index >= 15 is 0 Å². The van der Waals surface area contributed by atoms with E-state index < -0.39 is 22.5 Å². The molecule has 0 radical (unpaired) electrons. The number of benzene rings is 2. The fourth-order valence-electron chi connectivity index (χ4n) is 5.02. The Balaban J connectivity index is 2.06. The maximum atomic E-state index is 13.9. The number of hydrogen-bond acceptors (Lipinski definition) is 4. The van der Waals surface area contributed by atoms with Crippen LogP contribution in [-0.2, 0) is 20.7 Å². The van der Waals surface area contributed by atoms with Crippen LogP contribution in [0.25, 0.3) is 0 Å². The normalized spacial score (nSPS) is 23.7. The van der Waals surface area contributed by atoms with Crippen molar-refractivity contribution >= 4 is 17.7 Å². The molecule has 1 aliphatic carbocycles. The first-order chi connectivity index (χ1) is 14.5. The van der Waals surface area contributed by atoms with Gasteiger partial charge in [-0.2, -0.15) is 0 Å². The second-order valence-corrected chi connectivity index (χ2v) is 9.51. The number of ketones is 1. The summed E-state index contributed by atoms with van der Waals surface area (Å²) >= 11 is 0. The van der Waals surface area contributed by atoms with Crippen molar-refractivity contribution in [3.8, 4) is 5.75 Å². The summed E-state index contributed by atoms with van der Waals surface area (Å²) in [6.45, 7) is 8.70. The molecule has 4 rings (SSSR count). The van der Waals surface area contributed by atoms with Crippen LogP contribution in [-0.4, -0.2) is 22.8 Å². The highest BCUT2D eigenvalue weighted by molar-refractivity contribution is 6.12. The molecule has 1 heterocycles. The van der Waals surface area contributed by atoms with Crippen molar-refractivity contribution in [2.45, 2.75) is 58.1 Å². The smallest absolute Gasteiger partial charge is 0.309 e. The third-order valence-electron chi connectivity index (χ3n) is 6.55. The van der Waals surface area contributed by atoms with Gasteiger partial charge in [0.15, 0.2) is 16.9 Å². The van der Waals surface area contributed by atoms with Crippen LogP contribution in [0.1, 0.15) is 74.0 Å². The Hall–Kier alpha value is -3.15. The number of amides is 1. The molecule has 2 aromatic rings. The minimum absolute atomic E-state index is 0.00403. The lowest BCUT2D eigenvalue weighted by Crippen LogP contribution is -2.61. The van der Waals surface area contributed by atoms with Crippen LogP contribution < -0.4 is 10.1 Å². The topological polar surface area (TPSA) is 92.7 Å². The first kappa shape index (κ1) is 21.1. The highest BCUT2D eigenvalue weighted by atomic mass is 16.5. The molecule has 2 N–H and O–H groups in total. The molecule has 0 aromatic heterocycles. The van der Waals surface area contributed by atoms with Gasteiger partial charge in [0.05, 0.1) is 5.41 Å². The standard InChI is InChI=1S/C25H27NO5/c1-14(2)16-10-11-19-20(12-16)31-24(13-23(4,5)22(29)30)18-9-7-6-8-17(18)21(28)25(19,24)26-15(3)27/h6-12,14H,13H2,1-5H3,(H,26,27)(H,29,30). The molecule has 1 aliphatic heterocycles. The van der Waals surface area contributed by atoms with Crippen LogP contribution in [0.2, 0.25) is 0 Å². The Morgan fingerprint density at radius 2 is 1.81 bits per heavy atom. The number of carboxylic acids is 1. The number of carbonyl (C=O) groups is 3. The third kappa shape index (κ3) is 2.74. The van der Waals surface area contributed by atoms with E-state index in [-0.39, 0.29) is 24.0 Å². The van der Waals surface area contributed by atoms with E-state index in [1.165, 1.54) is 6.92 Å². The van der Waals surface area contributed by atoms with Crippen molar-refractivity contribution in [3.63, 3.8) is 0 Å². The van der Waals surface area contributed by atoms with Gasteiger partial charge in [-0.05, 0) is 31.4 Å². The maximum absolute atomic E-state index is 13.9. The molecule has 0 spiro atoms. The van der Waals surface area contributed by atoms with E-state index in [0.29, 0.717) is 22.4 Å². The molecule has 2 aromatic carbocycles. The molecule has 0 saturated heterocycles. The SMILES string of the molecule is CC(=O)NC12C(=O)c3ccccc3C1(CC(C)(C)C(=O)O)Oc1cc(C(C)C)ccc12. The molecule has 2 unspecified atom stereocenters. The predicted molar refractivity (Wildman–Crippen MR) is 115 cm³/mol. The van der Waals surface area contributed by atoms with Crippen molar-refractivity contribution < 1.29 is 24.2 Å². The molecule has 0 bridgehead atoms. The van der Waals surface area contributed by atoms with Gasteiger partial charge in [0.25, 0.3) is 0 Å². The zero-order chi connectivity index (χ0) is 22.8. The van der Waals surface area contributed by atoms with Crippen molar-refractivity contribution in [2.24, 2.45) is 5.41 Å². The Morgan fingerprint density at radius 1 is 1.13 bits per heavy atom. The van der Waals surface area contributed by atoms with Crippen LogP contribution in [0.3, 0.4) is 0 Å². The van der Waals surface area contributed by atoms with Gasteiger partial charge in [-0.3, -0.25) is 14.4 Å². The number of Topliss-reactive ketones (excluding diaryl/α,β-unsaturated/α-hetero) is 1. The third-order valence-corrected chi connectivity index (χ3v) is 6.55. The van der Waals surface area contributed by atoms with Crippen molar-refractivity contribution in [3.05, 3.63) is 64.7 Å². The molecule has 6 nitrogen and oxygen atoms in total. The summed E-state index contributed by atoms with van der Waals surface area (Å²) in [6.07, 6.45) is 0.00403. The Morgan fingerprint density at radius 3 is 2.42 bits per heavy atom. The minimum Gasteiger partial charge on any atom is -0.481 e. The van der Waals surface area contributed by atoms with Crippen LogP contribution >= 0.6 is 0 Å². The summed E-state index contributed by atoms with van der Waals surface area (Å²) in [5.74, 6) is -0.930. The second-order valence-electron chi connectivity index (χ2n) is 9.51. The van der Waals surface area contributed by atoms with Crippen molar-refractivity contribution in [2.75, 3.05) is 0 Å². The monoisotopic (exact) mass is 421 g/mol. The molecular formula is C25H27NO5. The molecule has 0 saturated carbocycles. The summed E-state index contributed by atoms with van der Waals surface area (Å²) in [6, 6.07) is 12.7. The summed E-state index contributed by atoms with van der Waals surface area (Å²) in [4.78, 5) is 38.5. The summed E-state index contributed by atoms with van der Waals surface area (Å²) in [5.41, 5.74) is -1.47. The van der Waals surface area contributed by atoms with Gasteiger partial charge in [0.2, 0.25) is 5.91 Å². The lowest BCUT2D eigenvalue weighted by atomic mass is 9.68. The Kier molecular flexibility index (Phi) is 4.54. The Labute approximate surface area is 181 Å². The molecule has 0 fully saturated rings. The molecule has 162 valence electrons. The highest BCUT2D eigenvalue weighted by Crippen LogP contribution is 2.63. The van der Waals surface area contributed by atoms with Gasteiger partial charge < -0.3 is 15.2 Å². The number of ether oxygens (including phenoxy) is 1. The Bertz CT molecular complexity index is 1120. The molecular weight excluding hydrogens is 394 g/mol. The molecule has 31 heavy (non-hydrogen) atoms. The highest BCUT2D eigenvalue weighted by Gasteiger charge is 2.72. The quantitative estimate of drug-likeness (QED) is 0.757. The number of fused-ring (bicyclic) bond motifs is 5. The summed E-state index contributed by atoms with van der Waals surface area (Å²) in [5, 5.41) is 12.8. The van der Waals surface area contributed by atoms with Crippen molar-refractivity contribution in [1.29, 1.82) is 0 Å². The average Bonchev–Trinajstić information content (AvgIpc) is 3.05. The fraction of sp³-hybridized carbons (Fsp3) is 0.400. The number of nitrogens with one attached hydrogen (secondary N) is 1. The molecule has 6 heteroatoms. The largest absolute Gasteiger partial charge is 0.481 e. The van der Waals surface area contributed by atoms with E-state index in [1.807, 2.05) is 18.2 Å². The van der Waals surface area contributed by atoms with Crippen LogP contribution in [0.4, 0.5) is 0 Å². The zero-order valence-electron chi connectivity index (χ0n) is 18.4. The molecule has 2 aliphatic rings. The lowest BCUT2D eigenvalue weighted by molar-refractivity contribution is -0.151. The van der Waals surface area contributed by atoms with Crippen molar-refractivity contribution in [1.82, 2.24) is 5.32 Å². The molecule has 2 atom stereocenters. The first-order valence-electron chi connectivity index (χ1n) is 10.5. The second kappa shape index (κ2) is 6.67. The number of aliphatic carboxylic acids is 1. The maximum Gasteiger partial charge on any atom is 0.309 e. The average molecular weight is 421 g/mol. The predicted octanol–water partition coefficient (Wildman–Crippen LogP) is 4.13. The number of hydrogen-bond donors (Lipinski definition) is 2. The number of rotatable bonds is 5. The summed E-state index contributed by atoms with van der Waals surface area (Å²) < 4.78 is 6.60. The zero-order valence-corrected chi connectivity index (χ0v) is 18.4.